The van der Waals surface area contributed by atoms with Crippen LogP contribution in [0.15, 0.2) is 29.4 Å². The van der Waals surface area contributed by atoms with Crippen molar-refractivity contribution in [1.29, 1.82) is 0 Å². The number of nitrogens with one attached hydrogen (secondary N) is 1. The monoisotopic (exact) mass is 279 g/mol. The number of amides is 1. The van der Waals surface area contributed by atoms with Crippen LogP contribution in [-0.2, 0) is 11.2 Å². The van der Waals surface area contributed by atoms with Crippen LogP contribution in [0.25, 0.3) is 0 Å². The molecule has 0 spiro atoms. The molecule has 0 unspecified atom stereocenters. The maximum atomic E-state index is 11.8. The summed E-state index contributed by atoms with van der Waals surface area (Å²) in [5.74, 6) is 0.721. The van der Waals surface area contributed by atoms with Crippen molar-refractivity contribution in [2.45, 2.75) is 20.3 Å². The number of hydrogen-bond donors (Lipinski definition) is 3. The number of oxime groups is 1. The summed E-state index contributed by atoms with van der Waals surface area (Å²) >= 11 is 0. The minimum absolute atomic E-state index is 0.0854. The van der Waals surface area contributed by atoms with Gasteiger partial charge in [-0.1, -0.05) is 31.1 Å². The highest BCUT2D eigenvalue weighted by Crippen LogP contribution is 2.14. The van der Waals surface area contributed by atoms with Crippen LogP contribution >= 0.6 is 0 Å². The fourth-order valence-corrected chi connectivity index (χ4v) is 1.54. The summed E-state index contributed by atoms with van der Waals surface area (Å²) < 4.78 is 5.05. The highest BCUT2D eigenvalue weighted by molar-refractivity contribution is 5.86. The van der Waals surface area contributed by atoms with Gasteiger partial charge in [0.05, 0.1) is 13.5 Å². The summed E-state index contributed by atoms with van der Waals surface area (Å²) in [6, 6.07) is 7.30. The number of nitrogens with zero attached hydrogens (tertiary/aromatic N) is 1. The number of benzene rings is 1. The van der Waals surface area contributed by atoms with Crippen molar-refractivity contribution in [1.82, 2.24) is 5.32 Å². The molecule has 1 amide bonds. The summed E-state index contributed by atoms with van der Waals surface area (Å²) in [4.78, 5) is 11.8. The summed E-state index contributed by atoms with van der Waals surface area (Å²) in [5, 5.41) is 14.4. The van der Waals surface area contributed by atoms with Crippen LogP contribution in [0.4, 0.5) is 0 Å². The Morgan fingerprint density at radius 3 is 2.50 bits per heavy atom. The molecule has 0 saturated heterocycles. The van der Waals surface area contributed by atoms with E-state index in [0.717, 1.165) is 11.3 Å². The average molecular weight is 279 g/mol. The third kappa shape index (κ3) is 4.46. The Balaban J connectivity index is 2.51. The number of rotatable bonds is 6. The van der Waals surface area contributed by atoms with Crippen molar-refractivity contribution in [2.24, 2.45) is 16.3 Å². The molecule has 110 valence electrons. The summed E-state index contributed by atoms with van der Waals surface area (Å²) in [6.07, 6.45) is 0.274. The molecule has 1 aromatic carbocycles. The van der Waals surface area contributed by atoms with E-state index in [2.05, 4.69) is 10.5 Å². The number of carbonyl (C=O) groups excluding carboxylic acids is 1. The molecule has 0 fully saturated rings. The number of ether oxygens (including phenoxy) is 1. The highest BCUT2D eigenvalue weighted by Gasteiger charge is 2.24. The zero-order chi connectivity index (χ0) is 15.2. The van der Waals surface area contributed by atoms with Gasteiger partial charge in [0.15, 0.2) is 0 Å². The molecule has 1 rings (SSSR count). The summed E-state index contributed by atoms with van der Waals surface area (Å²) in [7, 11) is 1.59. The standard InChI is InChI=1S/C14H21N3O3/c1-14(2,13(15)17-19)9-16-12(18)8-10-4-6-11(20-3)7-5-10/h4-7,19H,8-9H2,1-3H3,(H2,15,17)(H,16,18). The van der Waals surface area contributed by atoms with Gasteiger partial charge < -0.3 is 21.0 Å². The summed E-state index contributed by atoms with van der Waals surface area (Å²) in [5.41, 5.74) is 5.86. The van der Waals surface area contributed by atoms with Crippen molar-refractivity contribution in [3.8, 4) is 5.75 Å². The van der Waals surface area contributed by atoms with Crippen LogP contribution in [0.1, 0.15) is 19.4 Å². The Labute approximate surface area is 118 Å². The first-order valence-electron chi connectivity index (χ1n) is 6.26. The number of carbonyl (C=O) groups is 1. The third-order valence-corrected chi connectivity index (χ3v) is 3.05. The largest absolute Gasteiger partial charge is 0.497 e. The normalized spacial score (nSPS) is 12.1. The minimum atomic E-state index is -0.593. The molecule has 20 heavy (non-hydrogen) atoms. The number of amidine groups is 1. The quantitative estimate of drug-likeness (QED) is 0.315. The van der Waals surface area contributed by atoms with E-state index < -0.39 is 5.41 Å². The van der Waals surface area contributed by atoms with Crippen LogP contribution < -0.4 is 15.8 Å². The Morgan fingerprint density at radius 1 is 1.40 bits per heavy atom. The Morgan fingerprint density at radius 2 is 2.00 bits per heavy atom. The fourth-order valence-electron chi connectivity index (χ4n) is 1.54. The van der Waals surface area contributed by atoms with Crippen LogP contribution in [0.2, 0.25) is 0 Å². The smallest absolute Gasteiger partial charge is 0.224 e. The Hall–Kier alpha value is -2.24. The third-order valence-electron chi connectivity index (χ3n) is 3.05. The average Bonchev–Trinajstić information content (AvgIpc) is 2.45. The van der Waals surface area contributed by atoms with E-state index in [1.54, 1.807) is 21.0 Å². The van der Waals surface area contributed by atoms with Crippen molar-refractivity contribution in [3.05, 3.63) is 29.8 Å². The SMILES string of the molecule is COc1ccc(CC(=O)NCC(C)(C)/C(N)=N/O)cc1. The lowest BCUT2D eigenvalue weighted by Gasteiger charge is -2.23. The van der Waals surface area contributed by atoms with Crippen LogP contribution in [0, 0.1) is 5.41 Å². The van der Waals surface area contributed by atoms with Gasteiger partial charge in [0.1, 0.15) is 11.6 Å². The van der Waals surface area contributed by atoms with E-state index in [4.69, 9.17) is 15.7 Å². The van der Waals surface area contributed by atoms with Gasteiger partial charge in [-0.25, -0.2) is 0 Å². The molecule has 1 aromatic rings. The topological polar surface area (TPSA) is 96.9 Å². The predicted octanol–water partition coefficient (Wildman–Crippen LogP) is 1.13. The van der Waals surface area contributed by atoms with Crippen LogP contribution in [0.3, 0.4) is 0 Å². The lowest BCUT2D eigenvalue weighted by atomic mass is 9.92. The van der Waals surface area contributed by atoms with Gasteiger partial charge in [-0.3, -0.25) is 4.79 Å². The number of nitrogens with two attached hydrogens (primary N) is 1. The molecule has 4 N–H and O–H groups in total. The van der Waals surface area contributed by atoms with E-state index in [-0.39, 0.29) is 18.2 Å². The Bertz CT molecular complexity index is 481. The van der Waals surface area contributed by atoms with E-state index in [0.29, 0.717) is 6.54 Å². The van der Waals surface area contributed by atoms with E-state index >= 15 is 0 Å². The molecule has 0 aromatic heterocycles. The molecule has 0 heterocycles. The summed E-state index contributed by atoms with van der Waals surface area (Å²) in [6.45, 7) is 3.88. The van der Waals surface area contributed by atoms with Crippen molar-refractivity contribution in [3.63, 3.8) is 0 Å². The van der Waals surface area contributed by atoms with E-state index in [1.165, 1.54) is 0 Å². The van der Waals surface area contributed by atoms with Crippen molar-refractivity contribution >= 4 is 11.7 Å². The highest BCUT2D eigenvalue weighted by atomic mass is 16.5. The van der Waals surface area contributed by atoms with Crippen LogP contribution in [0.5, 0.6) is 5.75 Å². The van der Waals surface area contributed by atoms with Gasteiger partial charge in [-0.2, -0.15) is 0 Å². The number of hydrogen-bond acceptors (Lipinski definition) is 4. The van der Waals surface area contributed by atoms with Gasteiger partial charge in [-0.15, -0.1) is 0 Å². The molecule has 6 heteroatoms. The second-order valence-corrected chi connectivity index (χ2v) is 5.17. The maximum absolute atomic E-state index is 11.8. The minimum Gasteiger partial charge on any atom is -0.497 e. The van der Waals surface area contributed by atoms with E-state index in [1.807, 2.05) is 24.3 Å². The van der Waals surface area contributed by atoms with Crippen molar-refractivity contribution < 1.29 is 14.7 Å². The second-order valence-electron chi connectivity index (χ2n) is 5.17. The molecule has 0 aliphatic heterocycles. The van der Waals surface area contributed by atoms with Gasteiger partial charge in [0.25, 0.3) is 0 Å². The van der Waals surface area contributed by atoms with E-state index in [9.17, 15) is 4.79 Å². The van der Waals surface area contributed by atoms with Crippen molar-refractivity contribution in [2.75, 3.05) is 13.7 Å². The first-order chi connectivity index (χ1) is 9.39. The lowest BCUT2D eigenvalue weighted by Crippen LogP contribution is -2.43. The lowest BCUT2D eigenvalue weighted by molar-refractivity contribution is -0.120. The Kier molecular flexibility index (Phi) is 5.37. The zero-order valence-corrected chi connectivity index (χ0v) is 12.0. The van der Waals surface area contributed by atoms with Gasteiger partial charge in [-0.05, 0) is 17.7 Å². The number of methoxy groups -OCH3 is 1. The second kappa shape index (κ2) is 6.79. The molecule has 0 saturated carbocycles. The maximum Gasteiger partial charge on any atom is 0.224 e. The zero-order valence-electron chi connectivity index (χ0n) is 12.0. The fraction of sp³-hybridized carbons (Fsp3) is 0.429. The molecular weight excluding hydrogens is 258 g/mol. The first-order valence-corrected chi connectivity index (χ1v) is 6.26. The van der Waals surface area contributed by atoms with Gasteiger partial charge in [0.2, 0.25) is 5.91 Å². The molecule has 0 bridgehead atoms. The predicted molar refractivity (Wildman–Crippen MR) is 76.9 cm³/mol. The van der Waals surface area contributed by atoms with Gasteiger partial charge >= 0.3 is 0 Å². The molecule has 0 radical (unpaired) electrons. The van der Waals surface area contributed by atoms with Crippen LogP contribution in [-0.4, -0.2) is 30.6 Å². The molecule has 6 nitrogen and oxygen atoms in total. The first kappa shape index (κ1) is 15.8. The molecule has 0 atom stereocenters. The molecule has 0 aliphatic carbocycles. The molecular formula is C14H21N3O3. The van der Waals surface area contributed by atoms with Gasteiger partial charge in [0, 0.05) is 12.0 Å². The molecule has 0 aliphatic rings.